The van der Waals surface area contributed by atoms with E-state index in [0.717, 1.165) is 70.6 Å². The van der Waals surface area contributed by atoms with Crippen molar-refractivity contribution in [3.63, 3.8) is 0 Å². The van der Waals surface area contributed by atoms with Crippen molar-refractivity contribution < 1.29 is 28.4 Å². The van der Waals surface area contributed by atoms with E-state index in [-0.39, 0.29) is 32.1 Å². The molecular weight excluding hydrogens is 683 g/mol. The zero-order valence-electron chi connectivity index (χ0n) is 32.9. The van der Waals surface area contributed by atoms with Gasteiger partial charge in [-0.2, -0.15) is 0 Å². The first-order valence-corrected chi connectivity index (χ1v) is 21.5. The van der Waals surface area contributed by atoms with Gasteiger partial charge in [-0.15, -0.1) is 0 Å². The minimum absolute atomic E-state index is 0.0581. The fourth-order valence-corrected chi connectivity index (χ4v) is 5.60. The van der Waals surface area contributed by atoms with E-state index in [2.05, 4.69) is 116 Å². The Morgan fingerprint density at radius 2 is 1.11 bits per heavy atom. The highest BCUT2D eigenvalue weighted by atomic mass is 31.2. The predicted molar refractivity (Wildman–Crippen MR) is 225 cm³/mol. The fourth-order valence-electron chi connectivity index (χ4n) is 4.84. The third kappa shape index (κ3) is 37.3. The van der Waals surface area contributed by atoms with Gasteiger partial charge in [0.15, 0.2) is 0 Å². The standard InChI is InChI=1S/C44H73N2O6P/c1-3-5-7-9-11-13-15-16-17-18-19-20-21-22-23-24-25-26-28-30-32-34-36-38-44(48)46-42(41-52-53(49,50)51-40-39-45)43(47)37-35-33-31-29-27-14-12-10-8-6-4-2/h5,7,11,13,16-17,19-20,22-23,25-27,29-30,32,35,37,42-43,47H,3-4,6,8-10,12,14-15,18,21,24,28,31,33-34,36,38-41,45H2,1-2H3,(H,46,48)(H,49,50)/b7-5-,13-11-,17-16-,20-19-,23-22-,26-25-,29-27+,32-30-,37-35+. The molecule has 1 amide bonds. The van der Waals surface area contributed by atoms with Crippen LogP contribution in [0.15, 0.2) is 109 Å². The molecule has 0 bridgehead atoms. The average molecular weight is 757 g/mol. The lowest BCUT2D eigenvalue weighted by atomic mass is 10.1. The van der Waals surface area contributed by atoms with Crippen LogP contribution < -0.4 is 11.1 Å². The van der Waals surface area contributed by atoms with Gasteiger partial charge in [-0.05, 0) is 83.5 Å². The fraction of sp³-hybridized carbons (Fsp3) is 0.568. The molecular formula is C44H73N2O6P. The topological polar surface area (TPSA) is 131 Å². The van der Waals surface area contributed by atoms with Crippen molar-refractivity contribution in [1.82, 2.24) is 5.32 Å². The van der Waals surface area contributed by atoms with Crippen LogP contribution in [0.4, 0.5) is 0 Å². The van der Waals surface area contributed by atoms with Gasteiger partial charge in [0.1, 0.15) is 0 Å². The number of rotatable bonds is 35. The van der Waals surface area contributed by atoms with Crippen molar-refractivity contribution in [3.8, 4) is 0 Å². The van der Waals surface area contributed by atoms with Gasteiger partial charge < -0.3 is 21.1 Å². The summed E-state index contributed by atoms with van der Waals surface area (Å²) < 4.78 is 22.0. The lowest BCUT2D eigenvalue weighted by Gasteiger charge is -2.23. The largest absolute Gasteiger partial charge is 0.472 e. The smallest absolute Gasteiger partial charge is 0.387 e. The summed E-state index contributed by atoms with van der Waals surface area (Å²) in [5.74, 6) is -0.270. The number of carbonyl (C=O) groups is 1. The summed E-state index contributed by atoms with van der Waals surface area (Å²) in [4.78, 5) is 22.6. The molecule has 0 aliphatic carbocycles. The summed E-state index contributed by atoms with van der Waals surface area (Å²) in [6.07, 6.45) is 54.4. The molecule has 0 fully saturated rings. The number of nitrogens with one attached hydrogen (secondary N) is 1. The van der Waals surface area contributed by atoms with E-state index in [0.29, 0.717) is 6.42 Å². The minimum atomic E-state index is -4.36. The van der Waals surface area contributed by atoms with E-state index in [1.54, 1.807) is 6.08 Å². The monoisotopic (exact) mass is 757 g/mol. The molecule has 3 atom stereocenters. The second-order valence-corrected chi connectivity index (χ2v) is 14.2. The molecule has 3 unspecified atom stereocenters. The normalized spacial score (nSPS) is 15.3. The second-order valence-electron chi connectivity index (χ2n) is 12.7. The highest BCUT2D eigenvalue weighted by Gasteiger charge is 2.26. The van der Waals surface area contributed by atoms with Crippen LogP contribution in [-0.2, 0) is 18.4 Å². The van der Waals surface area contributed by atoms with Crippen molar-refractivity contribution in [2.24, 2.45) is 5.73 Å². The van der Waals surface area contributed by atoms with Gasteiger partial charge in [0.2, 0.25) is 5.91 Å². The van der Waals surface area contributed by atoms with E-state index >= 15 is 0 Å². The molecule has 0 aliphatic rings. The molecule has 0 aliphatic heterocycles. The Morgan fingerprint density at radius 1 is 0.642 bits per heavy atom. The molecule has 0 aromatic carbocycles. The molecule has 0 saturated heterocycles. The Hall–Kier alpha value is -2.84. The molecule has 0 rings (SSSR count). The highest BCUT2D eigenvalue weighted by molar-refractivity contribution is 7.47. The van der Waals surface area contributed by atoms with Crippen LogP contribution in [0.1, 0.15) is 129 Å². The zero-order chi connectivity index (χ0) is 38.9. The molecule has 0 spiro atoms. The SMILES string of the molecule is CC/C=C\C/C=C\C/C=C\C/C=C\C/C=C\C/C=C\C/C=C\CCCC(=O)NC(COP(=O)(O)OCCN)C(O)/C=C/CC/C=C/CCCCCCC. The molecule has 5 N–H and O–H groups in total. The summed E-state index contributed by atoms with van der Waals surface area (Å²) >= 11 is 0. The van der Waals surface area contributed by atoms with Crippen molar-refractivity contribution in [3.05, 3.63) is 109 Å². The highest BCUT2D eigenvalue weighted by Crippen LogP contribution is 2.43. The Morgan fingerprint density at radius 3 is 1.66 bits per heavy atom. The molecule has 300 valence electrons. The molecule has 9 heteroatoms. The molecule has 0 heterocycles. The number of carbonyl (C=O) groups excluding carboxylic acids is 1. The quantitative estimate of drug-likeness (QED) is 0.0288. The van der Waals surface area contributed by atoms with Crippen LogP contribution >= 0.6 is 7.82 Å². The van der Waals surface area contributed by atoms with Gasteiger partial charge in [-0.1, -0.05) is 149 Å². The number of allylic oxidation sites excluding steroid dienone is 17. The van der Waals surface area contributed by atoms with Crippen LogP contribution in [0.25, 0.3) is 0 Å². The molecule has 0 aromatic rings. The Balaban J connectivity index is 4.41. The molecule has 0 aromatic heterocycles. The van der Waals surface area contributed by atoms with Gasteiger partial charge in [0.05, 0.1) is 25.4 Å². The van der Waals surface area contributed by atoms with E-state index in [1.165, 1.54) is 32.1 Å². The summed E-state index contributed by atoms with van der Waals surface area (Å²) in [7, 11) is -4.36. The number of aliphatic hydroxyl groups is 1. The second kappa shape index (κ2) is 38.9. The lowest BCUT2D eigenvalue weighted by molar-refractivity contribution is -0.122. The number of hydrogen-bond acceptors (Lipinski definition) is 6. The van der Waals surface area contributed by atoms with Gasteiger partial charge in [0, 0.05) is 13.0 Å². The van der Waals surface area contributed by atoms with Crippen molar-refractivity contribution in [2.75, 3.05) is 19.8 Å². The van der Waals surface area contributed by atoms with Crippen LogP contribution in [0, 0.1) is 0 Å². The first-order valence-electron chi connectivity index (χ1n) is 20.0. The van der Waals surface area contributed by atoms with E-state index in [9.17, 15) is 19.4 Å². The zero-order valence-corrected chi connectivity index (χ0v) is 33.8. The lowest BCUT2D eigenvalue weighted by Crippen LogP contribution is -2.45. The predicted octanol–water partition coefficient (Wildman–Crippen LogP) is 11.0. The summed E-state index contributed by atoms with van der Waals surface area (Å²) in [5, 5.41) is 13.5. The number of amides is 1. The van der Waals surface area contributed by atoms with Crippen LogP contribution in [-0.4, -0.2) is 47.8 Å². The van der Waals surface area contributed by atoms with Crippen molar-refractivity contribution >= 4 is 13.7 Å². The molecule has 8 nitrogen and oxygen atoms in total. The van der Waals surface area contributed by atoms with Crippen molar-refractivity contribution in [1.29, 1.82) is 0 Å². The summed E-state index contributed by atoms with van der Waals surface area (Å²) in [6, 6.07) is -0.914. The number of aliphatic hydroxyl groups excluding tert-OH is 1. The number of phosphoric ester groups is 1. The molecule has 53 heavy (non-hydrogen) atoms. The van der Waals surface area contributed by atoms with Crippen molar-refractivity contribution in [2.45, 2.75) is 142 Å². The first-order chi connectivity index (χ1) is 25.9. The van der Waals surface area contributed by atoms with E-state index < -0.39 is 20.0 Å². The number of phosphoric acid groups is 1. The summed E-state index contributed by atoms with van der Waals surface area (Å²) in [6.45, 7) is 3.89. The van der Waals surface area contributed by atoms with E-state index in [4.69, 9.17) is 14.8 Å². The number of unbranched alkanes of at least 4 members (excludes halogenated alkanes) is 7. The maximum atomic E-state index is 12.7. The Kier molecular flexibility index (Phi) is 36.8. The van der Waals surface area contributed by atoms with Gasteiger partial charge in [-0.25, -0.2) is 4.57 Å². The van der Waals surface area contributed by atoms with Crippen LogP contribution in [0.3, 0.4) is 0 Å². The van der Waals surface area contributed by atoms with Gasteiger partial charge in [-0.3, -0.25) is 13.8 Å². The van der Waals surface area contributed by atoms with Gasteiger partial charge >= 0.3 is 7.82 Å². The third-order valence-electron chi connectivity index (χ3n) is 7.83. The Labute approximate surface area is 323 Å². The molecule has 0 saturated carbocycles. The molecule has 0 radical (unpaired) electrons. The minimum Gasteiger partial charge on any atom is -0.387 e. The maximum absolute atomic E-state index is 12.7. The van der Waals surface area contributed by atoms with E-state index in [1.807, 2.05) is 6.08 Å². The maximum Gasteiger partial charge on any atom is 0.472 e. The number of nitrogens with two attached hydrogens (primary N) is 1. The first kappa shape index (κ1) is 50.2. The van der Waals surface area contributed by atoms with Gasteiger partial charge in [0.25, 0.3) is 0 Å². The average Bonchev–Trinajstić information content (AvgIpc) is 3.14. The van der Waals surface area contributed by atoms with Crippen LogP contribution in [0.5, 0.6) is 0 Å². The summed E-state index contributed by atoms with van der Waals surface area (Å²) in [5.41, 5.74) is 5.35. The third-order valence-corrected chi connectivity index (χ3v) is 8.82. The Bertz CT molecular complexity index is 1180. The van der Waals surface area contributed by atoms with Crippen LogP contribution in [0.2, 0.25) is 0 Å². The number of hydrogen-bond donors (Lipinski definition) is 4.